The lowest BCUT2D eigenvalue weighted by Crippen LogP contribution is -2.55. The molecule has 2 aliphatic rings. The molecule has 0 bridgehead atoms. The molecule has 1 aromatic heterocycles. The minimum absolute atomic E-state index is 0.0785. The second kappa shape index (κ2) is 7.14. The molecule has 0 saturated heterocycles. The van der Waals surface area contributed by atoms with Crippen molar-refractivity contribution in [1.29, 1.82) is 0 Å². The summed E-state index contributed by atoms with van der Waals surface area (Å²) < 4.78 is 40.4. The lowest BCUT2D eigenvalue weighted by atomic mass is 9.50. The van der Waals surface area contributed by atoms with Crippen molar-refractivity contribution < 1.29 is 18.0 Å². The first-order chi connectivity index (χ1) is 14.7. The number of benzene rings is 2. The van der Waals surface area contributed by atoms with Crippen molar-refractivity contribution >= 4 is 16.8 Å². The fourth-order valence-electron chi connectivity index (χ4n) is 5.67. The number of hydrogen-bond donors (Lipinski definition) is 1. The van der Waals surface area contributed by atoms with E-state index in [9.17, 15) is 18.0 Å². The number of rotatable bonds is 4. The van der Waals surface area contributed by atoms with Crippen LogP contribution in [0.3, 0.4) is 0 Å². The zero-order chi connectivity index (χ0) is 21.8. The predicted molar refractivity (Wildman–Crippen MR) is 114 cm³/mol. The quantitative estimate of drug-likeness (QED) is 0.544. The molecule has 6 heteroatoms. The van der Waals surface area contributed by atoms with Crippen LogP contribution in [-0.4, -0.2) is 16.5 Å². The monoisotopic (exact) mass is 426 g/mol. The molecule has 2 fully saturated rings. The molecule has 1 N–H and O–H groups in total. The fraction of sp³-hybridized carbons (Fsp3) is 0.400. The Morgan fingerprint density at radius 2 is 1.77 bits per heavy atom. The van der Waals surface area contributed by atoms with Crippen LogP contribution in [0.25, 0.3) is 10.9 Å². The number of halogens is 3. The van der Waals surface area contributed by atoms with Gasteiger partial charge in [-0.2, -0.15) is 13.2 Å². The summed E-state index contributed by atoms with van der Waals surface area (Å²) in [5.74, 6) is 0.726. The highest BCUT2D eigenvalue weighted by Gasteiger charge is 2.51. The van der Waals surface area contributed by atoms with Crippen LogP contribution in [0.15, 0.2) is 54.7 Å². The number of carbonyl (C=O) groups is 1. The van der Waals surface area contributed by atoms with Gasteiger partial charge in [0.05, 0.1) is 16.6 Å². The number of hydrogen-bond acceptors (Lipinski definition) is 1. The third-order valence-corrected chi connectivity index (χ3v) is 6.92. The Morgan fingerprint density at radius 1 is 1.06 bits per heavy atom. The maximum atomic E-state index is 13.1. The number of nitrogens with one attached hydrogen (secondary N) is 1. The van der Waals surface area contributed by atoms with Crippen molar-refractivity contribution in [1.82, 2.24) is 9.88 Å². The number of aromatic nitrogens is 1. The summed E-state index contributed by atoms with van der Waals surface area (Å²) in [5.41, 5.74) is 1.98. The van der Waals surface area contributed by atoms with E-state index in [1.807, 2.05) is 35.0 Å². The molecule has 2 aromatic carbocycles. The normalized spacial score (nSPS) is 25.3. The molecular weight excluding hydrogens is 401 g/mol. The smallest absolute Gasteiger partial charge is 0.349 e. The Morgan fingerprint density at radius 3 is 2.42 bits per heavy atom. The Balaban J connectivity index is 1.34. The van der Waals surface area contributed by atoms with Gasteiger partial charge < -0.3 is 9.88 Å². The molecule has 5 rings (SSSR count). The summed E-state index contributed by atoms with van der Waals surface area (Å²) >= 11 is 0. The largest absolute Gasteiger partial charge is 0.416 e. The molecule has 1 amide bonds. The summed E-state index contributed by atoms with van der Waals surface area (Å²) in [6.45, 7) is 2.68. The Labute approximate surface area is 179 Å². The molecule has 0 radical (unpaired) electrons. The molecule has 0 aliphatic heterocycles. The maximum absolute atomic E-state index is 13.1. The number of carbonyl (C=O) groups excluding carboxylic acids is 1. The van der Waals surface area contributed by atoms with E-state index in [-0.39, 0.29) is 11.9 Å². The molecule has 162 valence electrons. The highest BCUT2D eigenvalue weighted by molar-refractivity contribution is 6.06. The molecule has 1 spiro atoms. The highest BCUT2D eigenvalue weighted by Crippen LogP contribution is 2.58. The van der Waals surface area contributed by atoms with Crippen LogP contribution in [0.4, 0.5) is 13.2 Å². The van der Waals surface area contributed by atoms with Crippen LogP contribution in [0.1, 0.15) is 54.1 Å². The van der Waals surface area contributed by atoms with Crippen molar-refractivity contribution in [3.63, 3.8) is 0 Å². The van der Waals surface area contributed by atoms with Crippen molar-refractivity contribution in [2.45, 2.75) is 51.4 Å². The van der Waals surface area contributed by atoms with E-state index in [2.05, 4.69) is 12.2 Å². The highest BCUT2D eigenvalue weighted by atomic mass is 19.4. The van der Waals surface area contributed by atoms with Crippen LogP contribution in [0, 0.1) is 11.3 Å². The maximum Gasteiger partial charge on any atom is 0.416 e. The first kappa shape index (κ1) is 20.2. The fourth-order valence-corrected chi connectivity index (χ4v) is 5.67. The topological polar surface area (TPSA) is 34.0 Å². The van der Waals surface area contributed by atoms with E-state index in [0.29, 0.717) is 17.5 Å². The number of amides is 1. The van der Waals surface area contributed by atoms with Crippen molar-refractivity contribution in [2.75, 3.05) is 0 Å². The Hall–Kier alpha value is -2.76. The third-order valence-electron chi connectivity index (χ3n) is 6.92. The lowest BCUT2D eigenvalue weighted by Gasteiger charge is -2.57. The third kappa shape index (κ3) is 3.73. The van der Waals surface area contributed by atoms with Gasteiger partial charge in [0.25, 0.3) is 5.91 Å². The van der Waals surface area contributed by atoms with E-state index in [1.165, 1.54) is 25.0 Å². The zero-order valence-corrected chi connectivity index (χ0v) is 17.4. The predicted octanol–water partition coefficient (Wildman–Crippen LogP) is 6.02. The van der Waals surface area contributed by atoms with Crippen molar-refractivity contribution in [3.8, 4) is 0 Å². The summed E-state index contributed by atoms with van der Waals surface area (Å²) in [6, 6.07) is 13.0. The van der Waals surface area contributed by atoms with Gasteiger partial charge in [-0.1, -0.05) is 31.2 Å². The van der Waals surface area contributed by atoms with Gasteiger partial charge in [0.15, 0.2) is 0 Å². The molecule has 0 unspecified atom stereocenters. The second-order valence-electron chi connectivity index (χ2n) is 9.47. The molecule has 2 aliphatic carbocycles. The minimum Gasteiger partial charge on any atom is -0.349 e. The van der Waals surface area contributed by atoms with Crippen molar-refractivity contribution in [3.05, 3.63) is 71.4 Å². The van der Waals surface area contributed by atoms with Crippen LogP contribution >= 0.6 is 0 Å². The summed E-state index contributed by atoms with van der Waals surface area (Å²) in [6.07, 6.45) is 2.20. The molecule has 31 heavy (non-hydrogen) atoms. The van der Waals surface area contributed by atoms with Gasteiger partial charge in [-0.15, -0.1) is 0 Å². The number of alkyl halides is 3. The first-order valence-corrected chi connectivity index (χ1v) is 10.8. The van der Waals surface area contributed by atoms with E-state index in [4.69, 9.17) is 0 Å². The van der Waals surface area contributed by atoms with Crippen LogP contribution in [0.2, 0.25) is 0 Å². The Kier molecular flexibility index (Phi) is 4.65. The standard InChI is InChI=1S/C25H25F3N2O/c1-16-11-24(12-16)13-20(14-24)29-23(31)21-4-2-3-18-9-10-30(22(18)21)15-17-5-7-19(8-6-17)25(26,27)28/h2-10,16,20H,11-15H2,1H3,(H,29,31). The van der Waals surface area contributed by atoms with Gasteiger partial charge in [0.1, 0.15) is 0 Å². The van der Waals surface area contributed by atoms with Gasteiger partial charge in [-0.3, -0.25) is 4.79 Å². The van der Waals surface area contributed by atoms with E-state index < -0.39 is 11.7 Å². The van der Waals surface area contributed by atoms with Gasteiger partial charge in [-0.05, 0) is 66.8 Å². The molecule has 1 heterocycles. The summed E-state index contributed by atoms with van der Waals surface area (Å²) in [7, 11) is 0. The number of nitrogens with zero attached hydrogens (tertiary/aromatic N) is 1. The van der Waals surface area contributed by atoms with Gasteiger partial charge in [0.2, 0.25) is 0 Å². The summed E-state index contributed by atoms with van der Waals surface area (Å²) in [4.78, 5) is 13.1. The Bertz CT molecular complexity index is 1120. The zero-order valence-electron chi connectivity index (χ0n) is 17.4. The van der Waals surface area contributed by atoms with E-state index in [1.54, 1.807) is 0 Å². The van der Waals surface area contributed by atoms with Gasteiger partial charge in [0, 0.05) is 24.2 Å². The second-order valence-corrected chi connectivity index (χ2v) is 9.47. The SMILES string of the molecule is CC1CC2(C1)CC(NC(=O)c1cccc3ccn(Cc4ccc(C(F)(F)F)cc4)c13)C2. The lowest BCUT2D eigenvalue weighted by molar-refractivity contribution is -0.137. The number of fused-ring (bicyclic) bond motifs is 1. The van der Waals surface area contributed by atoms with Crippen LogP contribution in [-0.2, 0) is 12.7 Å². The molecule has 2 saturated carbocycles. The minimum atomic E-state index is -4.35. The molecule has 3 nitrogen and oxygen atoms in total. The van der Waals surface area contributed by atoms with Crippen LogP contribution < -0.4 is 5.32 Å². The van der Waals surface area contributed by atoms with E-state index >= 15 is 0 Å². The first-order valence-electron chi connectivity index (χ1n) is 10.8. The van der Waals surface area contributed by atoms with Gasteiger partial charge in [-0.25, -0.2) is 0 Å². The van der Waals surface area contributed by atoms with Crippen LogP contribution in [0.5, 0.6) is 0 Å². The average molecular weight is 426 g/mol. The molecule has 3 aromatic rings. The van der Waals surface area contributed by atoms with Crippen molar-refractivity contribution in [2.24, 2.45) is 11.3 Å². The average Bonchev–Trinajstić information content (AvgIpc) is 3.08. The number of para-hydroxylation sites is 1. The molecule has 0 atom stereocenters. The van der Waals surface area contributed by atoms with E-state index in [0.717, 1.165) is 47.4 Å². The van der Waals surface area contributed by atoms with Gasteiger partial charge >= 0.3 is 6.18 Å². The molecular formula is C25H25F3N2O. The summed E-state index contributed by atoms with van der Waals surface area (Å²) in [5, 5.41) is 4.13.